The Morgan fingerprint density at radius 1 is 0.833 bits per heavy atom. The van der Waals surface area contributed by atoms with E-state index in [1.54, 1.807) is 6.07 Å². The van der Waals surface area contributed by atoms with Crippen molar-refractivity contribution in [2.24, 2.45) is 5.92 Å². The second kappa shape index (κ2) is 11.2. The maximum Gasteiger partial charge on any atom is 0.121 e. The van der Waals surface area contributed by atoms with Gasteiger partial charge < -0.3 is 20.2 Å². The van der Waals surface area contributed by atoms with E-state index < -0.39 is 11.7 Å². The molecule has 0 saturated carbocycles. The molecule has 1 aliphatic rings. The minimum atomic E-state index is -0.998. The van der Waals surface area contributed by atoms with Crippen molar-refractivity contribution in [3.05, 3.63) is 101 Å². The van der Waals surface area contributed by atoms with Gasteiger partial charge in [-0.15, -0.1) is 0 Å². The summed E-state index contributed by atoms with van der Waals surface area (Å²) < 4.78 is 0. The number of aromatic hydroxyl groups is 1. The van der Waals surface area contributed by atoms with Gasteiger partial charge in [-0.2, -0.15) is 0 Å². The average molecular weight is 488 g/mol. The first-order chi connectivity index (χ1) is 17.2. The fraction of sp³-hybridized carbons (Fsp3) is 0.438. The van der Waals surface area contributed by atoms with E-state index in [0.29, 0.717) is 12.0 Å². The Hall–Kier alpha value is -2.66. The molecule has 0 bridgehead atoms. The SMILES string of the molecule is CC(C)(C)c1ccc(C(O)CCCN2CCC(C(O)(c3ccccc3)c3ccccc3)CC2)c(O)c1. The summed E-state index contributed by atoms with van der Waals surface area (Å²) in [6.07, 6.45) is 2.63. The molecule has 0 aromatic heterocycles. The molecule has 0 aliphatic carbocycles. The Labute approximate surface area is 216 Å². The van der Waals surface area contributed by atoms with Gasteiger partial charge in [0.05, 0.1) is 6.10 Å². The number of likely N-dealkylation sites (tertiary alicyclic amines) is 1. The third kappa shape index (κ3) is 5.83. The number of aliphatic hydroxyl groups excluding tert-OH is 1. The number of hydrogen-bond donors (Lipinski definition) is 3. The Morgan fingerprint density at radius 2 is 1.39 bits per heavy atom. The average Bonchev–Trinajstić information content (AvgIpc) is 2.89. The fourth-order valence-corrected chi connectivity index (χ4v) is 5.55. The highest BCUT2D eigenvalue weighted by molar-refractivity contribution is 5.40. The molecule has 1 unspecified atom stereocenters. The van der Waals surface area contributed by atoms with Gasteiger partial charge in [0.25, 0.3) is 0 Å². The van der Waals surface area contributed by atoms with Crippen molar-refractivity contribution in [1.82, 2.24) is 4.90 Å². The first-order valence-electron chi connectivity index (χ1n) is 13.3. The zero-order valence-corrected chi connectivity index (χ0v) is 21.9. The fourth-order valence-electron chi connectivity index (χ4n) is 5.55. The number of piperidine rings is 1. The third-order valence-corrected chi connectivity index (χ3v) is 7.81. The van der Waals surface area contributed by atoms with Crippen molar-refractivity contribution in [1.29, 1.82) is 0 Å². The molecule has 3 N–H and O–H groups in total. The van der Waals surface area contributed by atoms with Crippen LogP contribution in [-0.4, -0.2) is 39.9 Å². The van der Waals surface area contributed by atoms with Gasteiger partial charge in [0.2, 0.25) is 0 Å². The van der Waals surface area contributed by atoms with Gasteiger partial charge in [-0.25, -0.2) is 0 Å². The van der Waals surface area contributed by atoms with Crippen LogP contribution in [0.15, 0.2) is 78.9 Å². The van der Waals surface area contributed by atoms with Gasteiger partial charge in [-0.3, -0.25) is 0 Å². The molecule has 3 aromatic carbocycles. The van der Waals surface area contributed by atoms with E-state index in [1.807, 2.05) is 72.8 Å². The van der Waals surface area contributed by atoms with Crippen LogP contribution in [0.25, 0.3) is 0 Å². The lowest BCUT2D eigenvalue weighted by Gasteiger charge is -2.42. The van der Waals surface area contributed by atoms with E-state index in [4.69, 9.17) is 0 Å². The maximum atomic E-state index is 12.1. The van der Waals surface area contributed by atoms with Crippen molar-refractivity contribution in [2.45, 2.75) is 63.6 Å². The molecule has 0 amide bonds. The molecule has 192 valence electrons. The number of rotatable bonds is 8. The van der Waals surface area contributed by atoms with E-state index in [0.717, 1.165) is 55.6 Å². The van der Waals surface area contributed by atoms with Crippen LogP contribution in [0, 0.1) is 5.92 Å². The number of aliphatic hydroxyl groups is 2. The number of nitrogens with zero attached hydrogens (tertiary/aromatic N) is 1. The van der Waals surface area contributed by atoms with Crippen LogP contribution >= 0.6 is 0 Å². The van der Waals surface area contributed by atoms with Crippen LogP contribution in [-0.2, 0) is 11.0 Å². The summed E-state index contributed by atoms with van der Waals surface area (Å²) in [5.74, 6) is 0.319. The normalized spacial score (nSPS) is 16.7. The maximum absolute atomic E-state index is 12.1. The molecule has 0 radical (unpaired) electrons. The smallest absolute Gasteiger partial charge is 0.121 e. The second-order valence-electron chi connectivity index (χ2n) is 11.3. The van der Waals surface area contributed by atoms with Crippen LogP contribution in [0.4, 0.5) is 0 Å². The summed E-state index contributed by atoms with van der Waals surface area (Å²) >= 11 is 0. The molecule has 4 nitrogen and oxygen atoms in total. The Bertz CT molecular complexity index is 1060. The highest BCUT2D eigenvalue weighted by Crippen LogP contribution is 2.42. The first kappa shape index (κ1) is 26.4. The second-order valence-corrected chi connectivity index (χ2v) is 11.3. The van der Waals surface area contributed by atoms with Crippen molar-refractivity contribution in [3.63, 3.8) is 0 Å². The zero-order valence-electron chi connectivity index (χ0n) is 21.9. The molecule has 1 heterocycles. The number of phenolic OH excluding ortho intramolecular Hbond substituents is 1. The Balaban J connectivity index is 1.33. The summed E-state index contributed by atoms with van der Waals surface area (Å²) in [6.45, 7) is 9.09. The quantitative estimate of drug-likeness (QED) is 0.356. The number of benzene rings is 3. The van der Waals surface area contributed by atoms with Crippen molar-refractivity contribution in [2.75, 3.05) is 19.6 Å². The van der Waals surface area contributed by atoms with Crippen molar-refractivity contribution in [3.8, 4) is 5.75 Å². The molecular weight excluding hydrogens is 446 g/mol. The summed E-state index contributed by atoms with van der Waals surface area (Å²) in [5, 5.41) is 33.2. The van der Waals surface area contributed by atoms with E-state index in [-0.39, 0.29) is 17.1 Å². The molecule has 1 aliphatic heterocycles. The van der Waals surface area contributed by atoms with E-state index in [1.165, 1.54) is 0 Å². The summed E-state index contributed by atoms with van der Waals surface area (Å²) in [4.78, 5) is 2.43. The monoisotopic (exact) mass is 487 g/mol. The lowest BCUT2D eigenvalue weighted by Crippen LogP contribution is -2.44. The van der Waals surface area contributed by atoms with Gasteiger partial charge in [-0.1, -0.05) is 93.6 Å². The molecule has 1 saturated heterocycles. The number of phenols is 1. The zero-order chi connectivity index (χ0) is 25.8. The Kier molecular flexibility index (Phi) is 8.19. The van der Waals surface area contributed by atoms with Crippen molar-refractivity contribution < 1.29 is 15.3 Å². The van der Waals surface area contributed by atoms with Crippen LogP contribution < -0.4 is 0 Å². The molecule has 3 aromatic rings. The predicted octanol–water partition coefficient (Wildman–Crippen LogP) is 6.15. The van der Waals surface area contributed by atoms with E-state index >= 15 is 0 Å². The van der Waals surface area contributed by atoms with Crippen molar-refractivity contribution >= 4 is 0 Å². The Morgan fingerprint density at radius 3 is 1.89 bits per heavy atom. The highest BCUT2D eigenvalue weighted by Gasteiger charge is 2.41. The minimum absolute atomic E-state index is 0.0414. The van der Waals surface area contributed by atoms with Gasteiger partial charge in [-0.05, 0) is 79.4 Å². The highest BCUT2D eigenvalue weighted by atomic mass is 16.3. The number of hydrogen-bond acceptors (Lipinski definition) is 4. The predicted molar refractivity (Wildman–Crippen MR) is 146 cm³/mol. The van der Waals surface area contributed by atoms with Gasteiger partial charge >= 0.3 is 0 Å². The van der Waals surface area contributed by atoms with Gasteiger partial charge in [0.1, 0.15) is 11.4 Å². The molecule has 1 fully saturated rings. The van der Waals surface area contributed by atoms with Crippen LogP contribution in [0.2, 0.25) is 0 Å². The van der Waals surface area contributed by atoms with Gasteiger partial charge in [0, 0.05) is 5.56 Å². The lowest BCUT2D eigenvalue weighted by atomic mass is 9.72. The third-order valence-electron chi connectivity index (χ3n) is 7.81. The summed E-state index contributed by atoms with van der Waals surface area (Å²) in [7, 11) is 0. The lowest BCUT2D eigenvalue weighted by molar-refractivity contribution is -0.0146. The van der Waals surface area contributed by atoms with Crippen LogP contribution in [0.1, 0.15) is 74.8 Å². The van der Waals surface area contributed by atoms with Crippen LogP contribution in [0.5, 0.6) is 5.75 Å². The molecule has 4 heteroatoms. The summed E-state index contributed by atoms with van der Waals surface area (Å²) in [5.41, 5.74) is 2.54. The molecule has 0 spiro atoms. The van der Waals surface area contributed by atoms with E-state index in [2.05, 4.69) is 25.7 Å². The molecule has 1 atom stereocenters. The van der Waals surface area contributed by atoms with E-state index in [9.17, 15) is 15.3 Å². The topological polar surface area (TPSA) is 63.9 Å². The molecular formula is C32H41NO3. The summed E-state index contributed by atoms with van der Waals surface area (Å²) in [6, 6.07) is 25.7. The molecule has 4 rings (SSSR count). The first-order valence-corrected chi connectivity index (χ1v) is 13.3. The standard InChI is InChI=1S/C32H41NO3/c1-31(2,3)27-16-17-28(30(35)23-27)29(34)15-10-20-33-21-18-26(19-22-33)32(36,24-11-6-4-7-12-24)25-13-8-5-9-14-25/h4-9,11-14,16-17,23,26,29,34-36H,10,15,18-22H2,1-3H3. The van der Waals surface area contributed by atoms with Crippen LogP contribution in [0.3, 0.4) is 0 Å². The minimum Gasteiger partial charge on any atom is -0.508 e. The van der Waals surface area contributed by atoms with Gasteiger partial charge in [0.15, 0.2) is 0 Å². The molecule has 36 heavy (non-hydrogen) atoms. The largest absolute Gasteiger partial charge is 0.508 e.